The van der Waals surface area contributed by atoms with E-state index in [2.05, 4.69) is 26.5 Å². The Morgan fingerprint density at radius 2 is 2.38 bits per heavy atom. The second kappa shape index (κ2) is 5.36. The molecule has 4 N–H and O–H groups in total. The Bertz CT molecular complexity index is 434. The fourth-order valence-corrected chi connectivity index (χ4v) is 1.45. The Labute approximate surface area is 100 Å². The lowest BCUT2D eigenvalue weighted by molar-refractivity contribution is 0.249. The molecule has 0 aliphatic heterocycles. The number of rotatable bonds is 3. The maximum absolute atomic E-state index is 10.4. The molecule has 0 unspecified atom stereocenters. The van der Waals surface area contributed by atoms with Crippen LogP contribution in [-0.4, -0.2) is 24.5 Å². The summed E-state index contributed by atoms with van der Waals surface area (Å²) in [6.45, 7) is 0. The summed E-state index contributed by atoms with van der Waals surface area (Å²) in [5.41, 5.74) is 7.52. The van der Waals surface area contributed by atoms with Crippen LogP contribution in [0.5, 0.6) is 11.5 Å². The first-order valence-corrected chi connectivity index (χ1v) is 4.99. The third-order valence-electron chi connectivity index (χ3n) is 1.66. The van der Waals surface area contributed by atoms with E-state index in [1.54, 1.807) is 12.1 Å². The fraction of sp³-hybridized carbons (Fsp3) is 0.111. The number of phenols is 1. The largest absolute Gasteiger partial charge is 0.503 e. The molecule has 16 heavy (non-hydrogen) atoms. The Balaban J connectivity index is 2.93. The Morgan fingerprint density at radius 1 is 1.69 bits per heavy atom. The van der Waals surface area contributed by atoms with E-state index in [4.69, 9.17) is 10.5 Å². The van der Waals surface area contributed by atoms with Gasteiger partial charge in [0, 0.05) is 0 Å². The normalized spacial score (nSPS) is 10.4. The predicted octanol–water partition coefficient (Wildman–Crippen LogP) is 1.17. The zero-order valence-corrected chi connectivity index (χ0v) is 9.98. The lowest BCUT2D eigenvalue weighted by atomic mass is 10.2. The summed E-state index contributed by atoms with van der Waals surface area (Å²) in [5.74, 6) is 0.303. The van der Waals surface area contributed by atoms with E-state index in [1.165, 1.54) is 13.3 Å². The molecule has 0 atom stereocenters. The maximum atomic E-state index is 10.4. The molecule has 0 spiro atoms. The summed E-state index contributed by atoms with van der Waals surface area (Å²) in [4.78, 5) is 10.4. The Hall–Kier alpha value is -1.76. The number of carbonyl (C=O) groups is 1. The number of ether oxygens (including phenoxy) is 1. The molecule has 86 valence electrons. The summed E-state index contributed by atoms with van der Waals surface area (Å²) in [6.07, 6.45) is 1.37. The van der Waals surface area contributed by atoms with Crippen molar-refractivity contribution in [2.75, 3.05) is 7.11 Å². The van der Waals surface area contributed by atoms with Gasteiger partial charge < -0.3 is 15.6 Å². The van der Waals surface area contributed by atoms with Crippen LogP contribution in [0.15, 0.2) is 21.7 Å². The number of primary amides is 1. The molecule has 0 aliphatic rings. The van der Waals surface area contributed by atoms with Crippen molar-refractivity contribution in [2.45, 2.75) is 0 Å². The van der Waals surface area contributed by atoms with Gasteiger partial charge >= 0.3 is 6.03 Å². The zero-order valence-electron chi connectivity index (χ0n) is 8.40. The summed E-state index contributed by atoms with van der Waals surface area (Å²) < 4.78 is 5.41. The number of nitrogens with one attached hydrogen (secondary N) is 1. The minimum atomic E-state index is -0.749. The summed E-state index contributed by atoms with van der Waals surface area (Å²) in [7, 11) is 1.43. The van der Waals surface area contributed by atoms with E-state index in [1.807, 2.05) is 0 Å². The average Bonchev–Trinajstić information content (AvgIpc) is 2.22. The lowest BCUT2D eigenvalue weighted by Crippen LogP contribution is -2.24. The SMILES string of the molecule is COc1cc(/C=N\NC(N)=O)cc(Br)c1O. The first-order valence-electron chi connectivity index (χ1n) is 4.19. The van der Waals surface area contributed by atoms with Gasteiger partial charge in [0.1, 0.15) is 0 Å². The van der Waals surface area contributed by atoms with Crippen molar-refractivity contribution in [3.63, 3.8) is 0 Å². The second-order valence-corrected chi connectivity index (χ2v) is 3.64. The molecule has 1 aromatic rings. The molecule has 0 saturated heterocycles. The van der Waals surface area contributed by atoms with Crippen LogP contribution in [0, 0.1) is 0 Å². The molecule has 0 bridgehead atoms. The van der Waals surface area contributed by atoms with Gasteiger partial charge in [0.25, 0.3) is 0 Å². The van der Waals surface area contributed by atoms with Gasteiger partial charge in [-0.1, -0.05) is 0 Å². The second-order valence-electron chi connectivity index (χ2n) is 2.79. The smallest absolute Gasteiger partial charge is 0.332 e. The molecule has 0 saturated carbocycles. The molecule has 1 rings (SSSR count). The minimum absolute atomic E-state index is 0.00232. The lowest BCUT2D eigenvalue weighted by Gasteiger charge is -2.06. The van der Waals surface area contributed by atoms with Crippen molar-refractivity contribution in [3.8, 4) is 11.5 Å². The topological polar surface area (TPSA) is 96.9 Å². The van der Waals surface area contributed by atoms with Gasteiger partial charge in [0.2, 0.25) is 0 Å². The van der Waals surface area contributed by atoms with E-state index in [-0.39, 0.29) is 5.75 Å². The third-order valence-corrected chi connectivity index (χ3v) is 2.26. The van der Waals surface area contributed by atoms with E-state index < -0.39 is 6.03 Å². The number of halogens is 1. The number of phenolic OH excluding ortho intramolecular Hbond substituents is 1. The minimum Gasteiger partial charge on any atom is -0.503 e. The van der Waals surface area contributed by atoms with E-state index >= 15 is 0 Å². The summed E-state index contributed by atoms with van der Waals surface area (Å²) in [6, 6.07) is 2.43. The van der Waals surface area contributed by atoms with Crippen LogP contribution in [0.4, 0.5) is 4.79 Å². The van der Waals surface area contributed by atoms with Crippen molar-refractivity contribution < 1.29 is 14.6 Å². The quantitative estimate of drug-likeness (QED) is 0.575. The first-order chi connectivity index (χ1) is 7.54. The average molecular weight is 288 g/mol. The highest BCUT2D eigenvalue weighted by molar-refractivity contribution is 9.10. The van der Waals surface area contributed by atoms with Crippen molar-refractivity contribution in [1.29, 1.82) is 0 Å². The number of amides is 2. The molecule has 6 nitrogen and oxygen atoms in total. The van der Waals surface area contributed by atoms with Crippen molar-refractivity contribution in [2.24, 2.45) is 10.8 Å². The number of nitrogens with zero attached hydrogens (tertiary/aromatic N) is 1. The molecule has 2 amide bonds. The standard InChI is InChI=1S/C9H10BrN3O3/c1-16-7-3-5(2-6(10)8(7)14)4-12-13-9(11)15/h2-4,14H,1H3,(H3,11,13,15)/b12-4-. The highest BCUT2D eigenvalue weighted by Gasteiger charge is 2.07. The van der Waals surface area contributed by atoms with Crippen molar-refractivity contribution in [1.82, 2.24) is 5.43 Å². The molecule has 0 fully saturated rings. The van der Waals surface area contributed by atoms with E-state index in [0.717, 1.165) is 0 Å². The highest BCUT2D eigenvalue weighted by Crippen LogP contribution is 2.34. The molecule has 0 aliphatic carbocycles. The number of aromatic hydroxyl groups is 1. The van der Waals surface area contributed by atoms with Crippen LogP contribution in [0.3, 0.4) is 0 Å². The number of nitrogens with two attached hydrogens (primary N) is 1. The van der Waals surface area contributed by atoms with Crippen LogP contribution in [0.2, 0.25) is 0 Å². The van der Waals surface area contributed by atoms with Gasteiger partial charge in [-0.05, 0) is 33.6 Å². The van der Waals surface area contributed by atoms with Crippen LogP contribution in [0.25, 0.3) is 0 Å². The van der Waals surface area contributed by atoms with Gasteiger partial charge in [-0.2, -0.15) is 5.10 Å². The Morgan fingerprint density at radius 3 is 2.94 bits per heavy atom. The van der Waals surface area contributed by atoms with Gasteiger partial charge in [0.15, 0.2) is 11.5 Å². The number of hydrogen-bond acceptors (Lipinski definition) is 4. The zero-order chi connectivity index (χ0) is 12.1. The summed E-state index contributed by atoms with van der Waals surface area (Å²) in [5, 5.41) is 13.1. The van der Waals surface area contributed by atoms with Crippen molar-refractivity contribution in [3.05, 3.63) is 22.2 Å². The molecule has 0 heterocycles. The number of hydrogen-bond donors (Lipinski definition) is 3. The number of benzene rings is 1. The summed E-state index contributed by atoms with van der Waals surface area (Å²) >= 11 is 3.15. The number of carbonyl (C=O) groups excluding carboxylic acids is 1. The van der Waals surface area contributed by atoms with Gasteiger partial charge in [0.05, 0.1) is 17.8 Å². The van der Waals surface area contributed by atoms with Crippen LogP contribution in [0.1, 0.15) is 5.56 Å². The predicted molar refractivity (Wildman–Crippen MR) is 62.7 cm³/mol. The fourth-order valence-electron chi connectivity index (χ4n) is 0.994. The monoisotopic (exact) mass is 287 g/mol. The highest BCUT2D eigenvalue weighted by atomic mass is 79.9. The number of hydrazone groups is 1. The van der Waals surface area contributed by atoms with E-state index in [0.29, 0.717) is 15.8 Å². The number of methoxy groups -OCH3 is 1. The molecule has 1 aromatic carbocycles. The third kappa shape index (κ3) is 3.13. The molecular weight excluding hydrogens is 278 g/mol. The Kier molecular flexibility index (Phi) is 4.12. The first kappa shape index (κ1) is 12.3. The van der Waals surface area contributed by atoms with Gasteiger partial charge in [-0.15, -0.1) is 0 Å². The van der Waals surface area contributed by atoms with Gasteiger partial charge in [-0.3, -0.25) is 0 Å². The maximum Gasteiger partial charge on any atom is 0.332 e. The molecular formula is C9H10BrN3O3. The molecule has 0 radical (unpaired) electrons. The van der Waals surface area contributed by atoms with Crippen LogP contribution < -0.4 is 15.9 Å². The molecule has 0 aromatic heterocycles. The van der Waals surface area contributed by atoms with Crippen LogP contribution in [-0.2, 0) is 0 Å². The molecule has 7 heteroatoms. The van der Waals surface area contributed by atoms with E-state index in [9.17, 15) is 9.90 Å². The van der Waals surface area contributed by atoms with Crippen molar-refractivity contribution >= 4 is 28.2 Å². The van der Waals surface area contributed by atoms with Crippen LogP contribution >= 0.6 is 15.9 Å². The van der Waals surface area contributed by atoms with Gasteiger partial charge in [-0.25, -0.2) is 10.2 Å². The number of urea groups is 1.